The second kappa shape index (κ2) is 5.37. The van der Waals surface area contributed by atoms with E-state index in [9.17, 15) is 9.18 Å². The van der Waals surface area contributed by atoms with Crippen molar-refractivity contribution in [1.29, 1.82) is 0 Å². The van der Waals surface area contributed by atoms with Crippen molar-refractivity contribution in [2.75, 3.05) is 0 Å². The standard InChI is InChI=1S/C19H20FNO2/c1-11-8-12(5-7-16(11)20)13-4-6-15-14(9-13)10-19(2,3)17(15)21-18(22)23/h4-9,17,21H,10H2,1-3H3,(H,22,23). The van der Waals surface area contributed by atoms with Gasteiger partial charge in [0.1, 0.15) is 5.82 Å². The average Bonchev–Trinajstić information content (AvgIpc) is 2.71. The largest absolute Gasteiger partial charge is 0.465 e. The Bertz CT molecular complexity index is 783. The molecule has 2 N–H and O–H groups in total. The third-order valence-corrected chi connectivity index (χ3v) is 4.64. The van der Waals surface area contributed by atoms with Crippen molar-refractivity contribution in [3.05, 3.63) is 58.9 Å². The fraction of sp³-hybridized carbons (Fsp3) is 0.316. The number of carbonyl (C=O) groups is 1. The van der Waals surface area contributed by atoms with E-state index in [0.717, 1.165) is 28.7 Å². The van der Waals surface area contributed by atoms with E-state index in [1.807, 2.05) is 18.2 Å². The van der Waals surface area contributed by atoms with Gasteiger partial charge in [0, 0.05) is 0 Å². The van der Waals surface area contributed by atoms with Crippen LogP contribution >= 0.6 is 0 Å². The molecule has 120 valence electrons. The highest BCUT2D eigenvalue weighted by Crippen LogP contribution is 2.46. The van der Waals surface area contributed by atoms with E-state index in [0.29, 0.717) is 5.56 Å². The van der Waals surface area contributed by atoms with Gasteiger partial charge in [0.05, 0.1) is 6.04 Å². The zero-order valence-electron chi connectivity index (χ0n) is 13.5. The highest BCUT2D eigenvalue weighted by molar-refractivity contribution is 5.69. The van der Waals surface area contributed by atoms with Gasteiger partial charge in [-0.05, 0) is 58.7 Å². The summed E-state index contributed by atoms with van der Waals surface area (Å²) in [6, 6.07) is 10.9. The smallest absolute Gasteiger partial charge is 0.405 e. The summed E-state index contributed by atoms with van der Waals surface area (Å²) in [7, 11) is 0. The average molecular weight is 313 g/mol. The van der Waals surface area contributed by atoms with Gasteiger partial charge in [-0.15, -0.1) is 0 Å². The number of halogens is 1. The molecule has 0 saturated carbocycles. The Labute approximate surface area is 135 Å². The molecule has 0 spiro atoms. The minimum Gasteiger partial charge on any atom is -0.465 e. The third-order valence-electron chi connectivity index (χ3n) is 4.64. The molecule has 2 aromatic carbocycles. The van der Waals surface area contributed by atoms with Crippen LogP contribution < -0.4 is 5.32 Å². The van der Waals surface area contributed by atoms with Crippen molar-refractivity contribution in [2.45, 2.75) is 33.2 Å². The van der Waals surface area contributed by atoms with E-state index in [-0.39, 0.29) is 17.3 Å². The van der Waals surface area contributed by atoms with E-state index >= 15 is 0 Å². The fourth-order valence-electron chi connectivity index (χ4n) is 3.45. The summed E-state index contributed by atoms with van der Waals surface area (Å²) < 4.78 is 13.4. The Morgan fingerprint density at radius 3 is 2.52 bits per heavy atom. The van der Waals surface area contributed by atoms with E-state index < -0.39 is 6.09 Å². The second-order valence-corrected chi connectivity index (χ2v) is 6.93. The van der Waals surface area contributed by atoms with Crippen LogP contribution in [-0.2, 0) is 6.42 Å². The summed E-state index contributed by atoms with van der Waals surface area (Å²) in [5, 5.41) is 11.7. The van der Waals surface area contributed by atoms with Gasteiger partial charge in [0.25, 0.3) is 0 Å². The molecule has 1 unspecified atom stereocenters. The third kappa shape index (κ3) is 2.81. The minimum atomic E-state index is -1.01. The molecule has 1 atom stereocenters. The number of aryl methyl sites for hydroxylation is 1. The number of rotatable bonds is 2. The predicted octanol–water partition coefficient (Wildman–Crippen LogP) is 4.69. The number of amides is 1. The van der Waals surface area contributed by atoms with Crippen LogP contribution in [-0.4, -0.2) is 11.2 Å². The van der Waals surface area contributed by atoms with Gasteiger partial charge in [-0.2, -0.15) is 0 Å². The first kappa shape index (κ1) is 15.5. The number of benzene rings is 2. The van der Waals surface area contributed by atoms with Gasteiger partial charge >= 0.3 is 6.09 Å². The molecule has 3 rings (SSSR count). The molecule has 0 saturated heterocycles. The molecule has 3 nitrogen and oxygen atoms in total. The first-order valence-electron chi connectivity index (χ1n) is 7.67. The van der Waals surface area contributed by atoms with Gasteiger partial charge < -0.3 is 10.4 Å². The van der Waals surface area contributed by atoms with Gasteiger partial charge in [-0.1, -0.05) is 38.1 Å². The quantitative estimate of drug-likeness (QED) is 0.845. The Balaban J connectivity index is 2.01. The molecular formula is C19H20FNO2. The summed E-state index contributed by atoms with van der Waals surface area (Å²) in [5.74, 6) is -0.207. The van der Waals surface area contributed by atoms with Crippen molar-refractivity contribution in [1.82, 2.24) is 5.32 Å². The van der Waals surface area contributed by atoms with E-state index in [2.05, 4.69) is 25.2 Å². The second-order valence-electron chi connectivity index (χ2n) is 6.93. The van der Waals surface area contributed by atoms with Crippen LogP contribution in [0.15, 0.2) is 36.4 Å². The van der Waals surface area contributed by atoms with Gasteiger partial charge in [0.15, 0.2) is 0 Å². The number of hydrogen-bond acceptors (Lipinski definition) is 1. The zero-order chi connectivity index (χ0) is 16.8. The van der Waals surface area contributed by atoms with Crippen LogP contribution in [0.2, 0.25) is 0 Å². The molecule has 4 heteroatoms. The monoisotopic (exact) mass is 313 g/mol. The number of carboxylic acid groups (broad SMARTS) is 1. The van der Waals surface area contributed by atoms with Crippen molar-refractivity contribution >= 4 is 6.09 Å². The topological polar surface area (TPSA) is 49.3 Å². The Morgan fingerprint density at radius 2 is 1.87 bits per heavy atom. The first-order valence-corrected chi connectivity index (χ1v) is 7.67. The molecule has 0 aliphatic heterocycles. The summed E-state index contributed by atoms with van der Waals surface area (Å²) >= 11 is 0. The van der Waals surface area contributed by atoms with Crippen molar-refractivity contribution in [2.24, 2.45) is 5.41 Å². The lowest BCUT2D eigenvalue weighted by Gasteiger charge is -2.27. The Hall–Kier alpha value is -2.36. The molecule has 0 bridgehead atoms. The maximum Gasteiger partial charge on any atom is 0.405 e. The Morgan fingerprint density at radius 1 is 1.22 bits per heavy atom. The number of fused-ring (bicyclic) bond motifs is 1. The maximum absolute atomic E-state index is 13.4. The summed E-state index contributed by atoms with van der Waals surface area (Å²) in [5.41, 5.74) is 4.62. The highest BCUT2D eigenvalue weighted by Gasteiger charge is 2.39. The van der Waals surface area contributed by atoms with Crippen LogP contribution in [0.4, 0.5) is 9.18 Å². The Kier molecular flexibility index (Phi) is 3.63. The molecule has 23 heavy (non-hydrogen) atoms. The summed E-state index contributed by atoms with van der Waals surface area (Å²) in [6.07, 6.45) is -0.199. The lowest BCUT2D eigenvalue weighted by atomic mass is 9.85. The van der Waals surface area contributed by atoms with Crippen LogP contribution in [0.3, 0.4) is 0 Å². The lowest BCUT2D eigenvalue weighted by Crippen LogP contribution is -2.34. The molecule has 1 aliphatic rings. The molecule has 1 aliphatic carbocycles. The molecule has 0 fully saturated rings. The van der Waals surface area contributed by atoms with E-state index in [1.165, 1.54) is 6.07 Å². The number of hydrogen-bond donors (Lipinski definition) is 2. The molecular weight excluding hydrogens is 293 g/mol. The van der Waals surface area contributed by atoms with Gasteiger partial charge in [0.2, 0.25) is 0 Å². The predicted molar refractivity (Wildman–Crippen MR) is 88.0 cm³/mol. The van der Waals surface area contributed by atoms with Crippen LogP contribution in [0, 0.1) is 18.2 Å². The lowest BCUT2D eigenvalue weighted by molar-refractivity contribution is 0.175. The number of nitrogens with one attached hydrogen (secondary N) is 1. The van der Waals surface area contributed by atoms with Crippen molar-refractivity contribution in [3.63, 3.8) is 0 Å². The normalized spacial score (nSPS) is 18.5. The maximum atomic E-state index is 13.4. The summed E-state index contributed by atoms with van der Waals surface area (Å²) in [4.78, 5) is 11.1. The van der Waals surface area contributed by atoms with E-state index in [4.69, 9.17) is 5.11 Å². The van der Waals surface area contributed by atoms with Crippen LogP contribution in [0.5, 0.6) is 0 Å². The minimum absolute atomic E-state index is 0.169. The van der Waals surface area contributed by atoms with Gasteiger partial charge in [-0.3, -0.25) is 0 Å². The molecule has 1 amide bonds. The highest BCUT2D eigenvalue weighted by atomic mass is 19.1. The summed E-state index contributed by atoms with van der Waals surface area (Å²) in [6.45, 7) is 5.88. The fourth-order valence-corrected chi connectivity index (χ4v) is 3.45. The van der Waals surface area contributed by atoms with Crippen LogP contribution in [0.25, 0.3) is 11.1 Å². The zero-order valence-corrected chi connectivity index (χ0v) is 13.5. The SMILES string of the molecule is Cc1cc(-c2ccc3c(c2)CC(C)(C)C3NC(=O)O)ccc1F. The van der Waals surface area contributed by atoms with Crippen molar-refractivity contribution < 1.29 is 14.3 Å². The molecule has 0 radical (unpaired) electrons. The first-order chi connectivity index (χ1) is 10.8. The van der Waals surface area contributed by atoms with E-state index in [1.54, 1.807) is 13.0 Å². The van der Waals surface area contributed by atoms with Gasteiger partial charge in [-0.25, -0.2) is 9.18 Å². The van der Waals surface area contributed by atoms with Crippen LogP contribution in [0.1, 0.15) is 36.6 Å². The van der Waals surface area contributed by atoms with Crippen molar-refractivity contribution in [3.8, 4) is 11.1 Å². The molecule has 2 aromatic rings. The molecule has 0 heterocycles. The molecule has 0 aromatic heterocycles.